The summed E-state index contributed by atoms with van der Waals surface area (Å²) in [5, 5.41) is 7.00. The molecule has 0 aliphatic rings. The van der Waals surface area contributed by atoms with Gasteiger partial charge in [-0.2, -0.15) is 5.10 Å². The molecule has 0 saturated carbocycles. The molecule has 5 rings (SSSR count). The predicted octanol–water partition coefficient (Wildman–Crippen LogP) is 4.25. The maximum atomic E-state index is 13.6. The highest BCUT2D eigenvalue weighted by molar-refractivity contribution is 7.17. The van der Waals surface area contributed by atoms with Gasteiger partial charge in [-0.1, -0.05) is 30.3 Å². The number of benzene rings is 1. The molecule has 4 heterocycles. The van der Waals surface area contributed by atoms with Crippen molar-refractivity contribution in [1.82, 2.24) is 29.6 Å². The van der Waals surface area contributed by atoms with E-state index in [4.69, 9.17) is 4.98 Å². The smallest absolute Gasteiger partial charge is 0.268 e. The van der Waals surface area contributed by atoms with E-state index < -0.39 is 0 Å². The molecule has 9 heteroatoms. The molecule has 0 aliphatic carbocycles. The topological polar surface area (TPSA) is 96.8 Å². The number of nitrogens with zero attached hydrogens (tertiary/aromatic N) is 5. The molecular weight excluding hydrogens is 436 g/mol. The van der Waals surface area contributed by atoms with Crippen LogP contribution in [0.15, 0.2) is 58.8 Å². The number of thiophene rings is 1. The van der Waals surface area contributed by atoms with Gasteiger partial charge >= 0.3 is 0 Å². The molecule has 1 N–H and O–H groups in total. The van der Waals surface area contributed by atoms with Crippen LogP contribution in [0.2, 0.25) is 0 Å². The summed E-state index contributed by atoms with van der Waals surface area (Å²) in [5.74, 6) is 0.240. The first-order chi connectivity index (χ1) is 15.9. The Kier molecular flexibility index (Phi) is 5.26. The summed E-state index contributed by atoms with van der Waals surface area (Å²) in [4.78, 5) is 39.5. The first kappa shape index (κ1) is 21.0. The van der Waals surface area contributed by atoms with Gasteiger partial charge in [0.25, 0.3) is 11.5 Å². The van der Waals surface area contributed by atoms with E-state index in [0.29, 0.717) is 38.3 Å². The molecule has 4 aromatic heterocycles. The van der Waals surface area contributed by atoms with E-state index in [9.17, 15) is 9.59 Å². The Morgan fingerprint density at radius 1 is 1.18 bits per heavy atom. The molecule has 0 atom stereocenters. The van der Waals surface area contributed by atoms with Gasteiger partial charge in [-0.3, -0.25) is 9.59 Å². The lowest BCUT2D eigenvalue weighted by molar-refractivity contribution is 0.0783. The third-order valence-corrected chi connectivity index (χ3v) is 6.36. The number of carbonyl (C=O) groups is 1. The van der Waals surface area contributed by atoms with E-state index in [-0.39, 0.29) is 24.1 Å². The number of hydrogen-bond donors (Lipinski definition) is 1. The van der Waals surface area contributed by atoms with E-state index >= 15 is 0 Å². The molecule has 166 valence electrons. The van der Waals surface area contributed by atoms with E-state index in [2.05, 4.69) is 15.1 Å². The van der Waals surface area contributed by atoms with Crippen LogP contribution in [-0.4, -0.2) is 42.6 Å². The van der Waals surface area contributed by atoms with Crippen LogP contribution in [0.25, 0.3) is 32.5 Å². The Balaban J connectivity index is 1.57. The van der Waals surface area contributed by atoms with Crippen molar-refractivity contribution in [3.8, 4) is 11.3 Å². The fourth-order valence-electron chi connectivity index (χ4n) is 3.83. The van der Waals surface area contributed by atoms with Crippen molar-refractivity contribution in [1.29, 1.82) is 0 Å². The predicted molar refractivity (Wildman–Crippen MR) is 129 cm³/mol. The van der Waals surface area contributed by atoms with Crippen molar-refractivity contribution in [3.63, 3.8) is 0 Å². The lowest BCUT2D eigenvalue weighted by atomic mass is 10.1. The fourth-order valence-corrected chi connectivity index (χ4v) is 4.55. The monoisotopic (exact) mass is 458 g/mol. The lowest BCUT2D eigenvalue weighted by Gasteiger charge is -2.18. The van der Waals surface area contributed by atoms with Crippen molar-refractivity contribution in [2.75, 3.05) is 7.05 Å². The normalized spacial score (nSPS) is 11.5. The summed E-state index contributed by atoms with van der Waals surface area (Å²) in [6.07, 6.45) is 1.69. The highest BCUT2D eigenvalue weighted by atomic mass is 32.1. The minimum Gasteiger partial charge on any atom is -0.334 e. The minimum atomic E-state index is -0.198. The quantitative estimate of drug-likeness (QED) is 0.425. The lowest BCUT2D eigenvalue weighted by Crippen LogP contribution is -2.28. The molecule has 0 aliphatic heterocycles. The molecule has 5 aromatic rings. The molecule has 0 bridgehead atoms. The molecule has 0 radical (unpaired) electrons. The average molecular weight is 459 g/mol. The summed E-state index contributed by atoms with van der Waals surface area (Å²) in [6.45, 7) is 4.22. The van der Waals surface area contributed by atoms with Gasteiger partial charge in [-0.15, -0.1) is 11.3 Å². The largest absolute Gasteiger partial charge is 0.334 e. The molecule has 0 unspecified atom stereocenters. The molecular formula is C24H22N6O2S. The van der Waals surface area contributed by atoms with Crippen LogP contribution in [0.5, 0.6) is 0 Å². The van der Waals surface area contributed by atoms with Crippen molar-refractivity contribution in [3.05, 3.63) is 75.8 Å². The van der Waals surface area contributed by atoms with Crippen LogP contribution in [-0.2, 0) is 6.54 Å². The number of fused-ring (bicyclic) bond motifs is 2. The Labute approximate surface area is 193 Å². The molecule has 1 aromatic carbocycles. The molecule has 8 nitrogen and oxygen atoms in total. The second kappa shape index (κ2) is 8.25. The first-order valence-electron chi connectivity index (χ1n) is 10.6. The third-order valence-electron chi connectivity index (χ3n) is 5.45. The summed E-state index contributed by atoms with van der Waals surface area (Å²) in [7, 11) is 1.70. The van der Waals surface area contributed by atoms with Gasteiger partial charge in [-0.05, 0) is 31.4 Å². The number of rotatable bonds is 5. The molecule has 0 fully saturated rings. The van der Waals surface area contributed by atoms with Gasteiger partial charge in [0, 0.05) is 18.7 Å². The number of aromatic amines is 1. The van der Waals surface area contributed by atoms with Crippen LogP contribution >= 0.6 is 11.3 Å². The Bertz CT molecular complexity index is 1530. The number of amides is 1. The Hall–Kier alpha value is -3.85. The van der Waals surface area contributed by atoms with Crippen LogP contribution < -0.4 is 5.56 Å². The van der Waals surface area contributed by atoms with Gasteiger partial charge in [0.05, 0.1) is 34.9 Å². The summed E-state index contributed by atoms with van der Waals surface area (Å²) < 4.78 is 2.40. The molecule has 0 saturated heterocycles. The first-order valence-corrected chi connectivity index (χ1v) is 11.5. The second-order valence-corrected chi connectivity index (χ2v) is 9.07. The van der Waals surface area contributed by atoms with Crippen molar-refractivity contribution in [2.45, 2.75) is 26.4 Å². The number of nitrogens with one attached hydrogen (secondary N) is 1. The third kappa shape index (κ3) is 3.80. The SMILES string of the molecule is CC(C)n1ncc2c(C(=O)N(C)Cc3nc4ccsc4c(=O)[nH]3)cc(-c3ccccc3)nc21. The van der Waals surface area contributed by atoms with Gasteiger partial charge in [-0.25, -0.2) is 14.6 Å². The number of hydrogen-bond acceptors (Lipinski definition) is 6. The second-order valence-electron chi connectivity index (χ2n) is 8.15. The Morgan fingerprint density at radius 2 is 1.97 bits per heavy atom. The minimum absolute atomic E-state index is 0.0910. The van der Waals surface area contributed by atoms with E-state index in [0.717, 1.165) is 5.56 Å². The number of aromatic nitrogens is 5. The standard InChI is InChI=1S/C24H22N6O2S/c1-14(2)30-22-17(12-25-30)16(11-19(27-22)15-7-5-4-6-8-15)24(32)29(3)13-20-26-18-9-10-33-21(18)23(31)28-20/h4-12,14H,13H2,1-3H3,(H,26,28,31). The molecule has 0 spiro atoms. The van der Waals surface area contributed by atoms with E-state index in [1.54, 1.807) is 30.3 Å². The Morgan fingerprint density at radius 3 is 2.73 bits per heavy atom. The van der Waals surface area contributed by atoms with Gasteiger partial charge in [0.1, 0.15) is 10.5 Å². The number of carbonyl (C=O) groups excluding carboxylic acids is 1. The highest BCUT2D eigenvalue weighted by Gasteiger charge is 2.22. The maximum Gasteiger partial charge on any atom is 0.268 e. The van der Waals surface area contributed by atoms with Crippen LogP contribution in [0.3, 0.4) is 0 Å². The highest BCUT2D eigenvalue weighted by Crippen LogP contribution is 2.27. The van der Waals surface area contributed by atoms with Gasteiger partial charge in [0.15, 0.2) is 5.65 Å². The zero-order valence-electron chi connectivity index (χ0n) is 18.4. The van der Waals surface area contributed by atoms with Crippen molar-refractivity contribution < 1.29 is 4.79 Å². The van der Waals surface area contributed by atoms with Crippen molar-refractivity contribution in [2.24, 2.45) is 0 Å². The van der Waals surface area contributed by atoms with Gasteiger partial charge in [0.2, 0.25) is 0 Å². The zero-order chi connectivity index (χ0) is 23.1. The van der Waals surface area contributed by atoms with Crippen molar-refractivity contribution >= 4 is 38.5 Å². The van der Waals surface area contributed by atoms with Crippen LogP contribution in [0.1, 0.15) is 36.1 Å². The van der Waals surface area contributed by atoms with Crippen LogP contribution in [0, 0.1) is 0 Å². The number of pyridine rings is 1. The fraction of sp³-hybridized carbons (Fsp3) is 0.208. The maximum absolute atomic E-state index is 13.6. The van der Waals surface area contributed by atoms with E-state index in [1.165, 1.54) is 11.3 Å². The summed E-state index contributed by atoms with van der Waals surface area (Å²) >= 11 is 1.35. The van der Waals surface area contributed by atoms with E-state index in [1.807, 2.05) is 54.2 Å². The summed E-state index contributed by atoms with van der Waals surface area (Å²) in [5.41, 5.74) is 3.23. The average Bonchev–Trinajstić information content (AvgIpc) is 3.46. The summed E-state index contributed by atoms with van der Waals surface area (Å²) in [6, 6.07) is 13.5. The number of H-pyrrole nitrogens is 1. The zero-order valence-corrected chi connectivity index (χ0v) is 19.3. The van der Waals surface area contributed by atoms with Gasteiger partial charge < -0.3 is 9.88 Å². The van der Waals surface area contributed by atoms with Crippen LogP contribution in [0.4, 0.5) is 0 Å². The molecule has 33 heavy (non-hydrogen) atoms. The molecule has 1 amide bonds.